The van der Waals surface area contributed by atoms with Gasteiger partial charge in [0.2, 0.25) is 10.0 Å². The number of benzene rings is 1. The molecule has 25 heavy (non-hydrogen) atoms. The number of hydrogen-bond donors (Lipinski definition) is 3. The van der Waals surface area contributed by atoms with Crippen molar-refractivity contribution in [1.82, 2.24) is 10.0 Å². The van der Waals surface area contributed by atoms with Gasteiger partial charge in [0.05, 0.1) is 11.5 Å². The minimum Gasteiger partial charge on any atom is -0.383 e. The molecule has 1 amide bonds. The fourth-order valence-electron chi connectivity index (χ4n) is 2.49. The maximum Gasteiger partial charge on any atom is 0.251 e. The highest BCUT2D eigenvalue weighted by Gasteiger charge is 2.31. The van der Waals surface area contributed by atoms with E-state index >= 15 is 0 Å². The molecule has 1 aliphatic rings. The molecule has 0 radical (unpaired) electrons. The van der Waals surface area contributed by atoms with Crippen LogP contribution in [0.2, 0.25) is 0 Å². The molecule has 2 rings (SSSR count). The van der Waals surface area contributed by atoms with Crippen LogP contribution >= 0.6 is 12.4 Å². The second-order valence-electron chi connectivity index (χ2n) is 6.02. The van der Waals surface area contributed by atoms with Crippen LogP contribution < -0.4 is 15.8 Å². The normalized spacial score (nSPS) is 15.3. The van der Waals surface area contributed by atoms with Crippen molar-refractivity contribution in [2.24, 2.45) is 11.7 Å². The number of methoxy groups -OCH3 is 1. The number of aryl methyl sites for hydroxylation is 1. The molecular weight excluding hydrogens is 366 g/mol. The molecule has 1 saturated carbocycles. The summed E-state index contributed by atoms with van der Waals surface area (Å²) in [6.45, 7) is 2.60. The number of amides is 1. The van der Waals surface area contributed by atoms with Gasteiger partial charge in [-0.3, -0.25) is 4.79 Å². The monoisotopic (exact) mass is 391 g/mol. The number of carbonyl (C=O) groups excluding carboxylic acids is 1. The van der Waals surface area contributed by atoms with E-state index in [2.05, 4.69) is 10.0 Å². The van der Waals surface area contributed by atoms with Crippen LogP contribution in [-0.2, 0) is 14.8 Å². The van der Waals surface area contributed by atoms with Crippen LogP contribution in [0.3, 0.4) is 0 Å². The van der Waals surface area contributed by atoms with Crippen LogP contribution in [0.15, 0.2) is 23.1 Å². The van der Waals surface area contributed by atoms with Gasteiger partial charge in [-0.15, -0.1) is 12.4 Å². The van der Waals surface area contributed by atoms with Crippen molar-refractivity contribution < 1.29 is 17.9 Å². The van der Waals surface area contributed by atoms with Gasteiger partial charge in [-0.05, 0) is 43.4 Å². The Morgan fingerprint density at radius 2 is 2.08 bits per heavy atom. The molecular formula is C16H26ClN3O4S. The quantitative estimate of drug-likeness (QED) is 0.539. The van der Waals surface area contributed by atoms with Crippen LogP contribution in [0, 0.1) is 12.8 Å². The molecule has 1 aromatic carbocycles. The number of hydrogen-bond acceptors (Lipinski definition) is 5. The molecule has 0 aliphatic heterocycles. The lowest BCUT2D eigenvalue weighted by Gasteiger charge is -2.17. The maximum atomic E-state index is 12.5. The third-order valence-electron chi connectivity index (χ3n) is 4.12. The van der Waals surface area contributed by atoms with Gasteiger partial charge in [-0.1, -0.05) is 6.07 Å². The summed E-state index contributed by atoms with van der Waals surface area (Å²) in [5.41, 5.74) is 6.78. The first-order chi connectivity index (χ1) is 11.4. The summed E-state index contributed by atoms with van der Waals surface area (Å²) < 4.78 is 31.8. The smallest absolute Gasteiger partial charge is 0.251 e. The molecule has 1 fully saturated rings. The van der Waals surface area contributed by atoms with Crippen LogP contribution in [0.25, 0.3) is 0 Å². The van der Waals surface area contributed by atoms with Gasteiger partial charge in [0.15, 0.2) is 0 Å². The van der Waals surface area contributed by atoms with E-state index in [0.717, 1.165) is 18.4 Å². The Labute approximate surface area is 155 Å². The summed E-state index contributed by atoms with van der Waals surface area (Å²) in [6, 6.07) is 4.47. The molecule has 4 N–H and O–H groups in total. The van der Waals surface area contributed by atoms with E-state index in [-0.39, 0.29) is 42.4 Å². The van der Waals surface area contributed by atoms with Gasteiger partial charge in [-0.25, -0.2) is 13.1 Å². The summed E-state index contributed by atoms with van der Waals surface area (Å²) in [5.74, 6) is 0.144. The molecule has 7 nitrogen and oxygen atoms in total. The first kappa shape index (κ1) is 21.9. The van der Waals surface area contributed by atoms with Crippen molar-refractivity contribution in [2.75, 3.05) is 26.8 Å². The highest BCUT2D eigenvalue weighted by Crippen LogP contribution is 2.32. The number of carbonyl (C=O) groups is 1. The molecule has 1 atom stereocenters. The van der Waals surface area contributed by atoms with Crippen LogP contribution in [-0.4, -0.2) is 47.2 Å². The third-order valence-corrected chi connectivity index (χ3v) is 5.58. The van der Waals surface area contributed by atoms with Gasteiger partial charge < -0.3 is 15.8 Å². The zero-order chi connectivity index (χ0) is 17.7. The van der Waals surface area contributed by atoms with E-state index in [1.807, 2.05) is 0 Å². The summed E-state index contributed by atoms with van der Waals surface area (Å²) in [5, 5.41) is 2.92. The van der Waals surface area contributed by atoms with Crippen LogP contribution in [0.4, 0.5) is 0 Å². The highest BCUT2D eigenvalue weighted by atomic mass is 35.5. The number of sulfonamides is 1. The Morgan fingerprint density at radius 3 is 2.64 bits per heavy atom. The van der Waals surface area contributed by atoms with Crippen molar-refractivity contribution in [3.63, 3.8) is 0 Å². The molecule has 0 saturated heterocycles. The molecule has 1 unspecified atom stereocenters. The predicted octanol–water partition coefficient (Wildman–Crippen LogP) is 0.809. The second-order valence-corrected chi connectivity index (χ2v) is 7.79. The van der Waals surface area contributed by atoms with E-state index in [1.54, 1.807) is 13.0 Å². The van der Waals surface area contributed by atoms with Gasteiger partial charge >= 0.3 is 0 Å². The minimum absolute atomic E-state index is 0. The first-order valence-electron chi connectivity index (χ1n) is 7.99. The SMILES string of the molecule is COCCNS(=O)(=O)c1ccc(C)c(C(=O)NC(CN)C2CC2)c1.Cl. The van der Waals surface area contributed by atoms with Gasteiger partial charge in [0.1, 0.15) is 0 Å². The largest absolute Gasteiger partial charge is 0.383 e. The Bertz CT molecular complexity index is 693. The fourth-order valence-corrected chi connectivity index (χ4v) is 3.53. The minimum atomic E-state index is -3.68. The average molecular weight is 392 g/mol. The zero-order valence-corrected chi connectivity index (χ0v) is 16.1. The highest BCUT2D eigenvalue weighted by molar-refractivity contribution is 7.89. The van der Waals surface area contributed by atoms with Crippen LogP contribution in [0.1, 0.15) is 28.8 Å². The summed E-state index contributed by atoms with van der Waals surface area (Å²) in [6.07, 6.45) is 2.14. The molecule has 0 aromatic heterocycles. The Balaban J connectivity index is 0.00000312. The molecule has 0 spiro atoms. The maximum absolute atomic E-state index is 12.5. The number of nitrogens with one attached hydrogen (secondary N) is 2. The summed E-state index contributed by atoms with van der Waals surface area (Å²) >= 11 is 0. The Kier molecular flexibility index (Phi) is 8.30. The number of ether oxygens (including phenoxy) is 1. The van der Waals surface area contributed by atoms with E-state index < -0.39 is 10.0 Å². The van der Waals surface area contributed by atoms with Crippen molar-refractivity contribution in [3.8, 4) is 0 Å². The number of nitrogens with two attached hydrogens (primary N) is 1. The molecule has 1 aliphatic carbocycles. The predicted molar refractivity (Wildman–Crippen MR) is 98.5 cm³/mol. The lowest BCUT2D eigenvalue weighted by atomic mass is 10.1. The molecule has 9 heteroatoms. The average Bonchev–Trinajstić information content (AvgIpc) is 3.37. The molecule has 1 aromatic rings. The van der Waals surface area contributed by atoms with Crippen molar-refractivity contribution >= 4 is 28.3 Å². The lowest BCUT2D eigenvalue weighted by molar-refractivity contribution is 0.0932. The summed E-state index contributed by atoms with van der Waals surface area (Å²) in [7, 11) is -2.18. The van der Waals surface area contributed by atoms with Crippen LogP contribution in [0.5, 0.6) is 0 Å². The first-order valence-corrected chi connectivity index (χ1v) is 9.47. The molecule has 142 valence electrons. The van der Waals surface area contributed by atoms with E-state index in [9.17, 15) is 13.2 Å². The fraction of sp³-hybridized carbons (Fsp3) is 0.562. The van der Waals surface area contributed by atoms with Gasteiger partial charge in [-0.2, -0.15) is 0 Å². The Hall–Kier alpha value is -1.19. The molecule has 0 bridgehead atoms. The number of halogens is 1. The van der Waals surface area contributed by atoms with E-state index in [0.29, 0.717) is 18.0 Å². The van der Waals surface area contributed by atoms with Crippen molar-refractivity contribution in [2.45, 2.75) is 30.7 Å². The molecule has 0 heterocycles. The zero-order valence-electron chi connectivity index (χ0n) is 14.4. The number of rotatable bonds is 9. The summed E-state index contributed by atoms with van der Waals surface area (Å²) in [4.78, 5) is 12.6. The lowest BCUT2D eigenvalue weighted by Crippen LogP contribution is -2.42. The van der Waals surface area contributed by atoms with Gasteiger partial charge in [0, 0.05) is 31.8 Å². The van der Waals surface area contributed by atoms with Crippen molar-refractivity contribution in [1.29, 1.82) is 0 Å². The van der Waals surface area contributed by atoms with E-state index in [4.69, 9.17) is 10.5 Å². The standard InChI is InChI=1S/C16H25N3O4S.ClH/c1-11-3-6-13(24(21,22)18-7-8-23-2)9-14(11)16(20)19-15(10-17)12-4-5-12;/h3,6,9,12,15,18H,4-5,7-8,10,17H2,1-2H3,(H,19,20);1H. The van der Waals surface area contributed by atoms with Crippen molar-refractivity contribution in [3.05, 3.63) is 29.3 Å². The van der Waals surface area contributed by atoms with E-state index in [1.165, 1.54) is 19.2 Å². The third kappa shape index (κ3) is 5.93. The van der Waals surface area contributed by atoms with Gasteiger partial charge in [0.25, 0.3) is 5.91 Å². The Morgan fingerprint density at radius 1 is 1.40 bits per heavy atom. The topological polar surface area (TPSA) is 111 Å². The second kappa shape index (κ2) is 9.49.